The third kappa shape index (κ3) is 2.76. The molecule has 0 aliphatic carbocycles. The fraction of sp³-hybridized carbons (Fsp3) is 0.471. The summed E-state index contributed by atoms with van der Waals surface area (Å²) in [4.78, 5) is 8.09. The zero-order valence-electron chi connectivity index (χ0n) is 12.5. The van der Waals surface area contributed by atoms with Gasteiger partial charge in [0.05, 0.1) is 26.0 Å². The molecular formula is C17H20N2O2S. The van der Waals surface area contributed by atoms with Crippen molar-refractivity contribution in [1.82, 2.24) is 9.88 Å². The second kappa shape index (κ2) is 5.99. The van der Waals surface area contributed by atoms with Crippen LogP contribution in [0.4, 0.5) is 0 Å². The summed E-state index contributed by atoms with van der Waals surface area (Å²) in [6.07, 6.45) is 3.55. The van der Waals surface area contributed by atoms with E-state index in [-0.39, 0.29) is 5.41 Å². The molecule has 2 aromatic heterocycles. The van der Waals surface area contributed by atoms with Gasteiger partial charge < -0.3 is 9.47 Å². The van der Waals surface area contributed by atoms with Crippen LogP contribution in [0.2, 0.25) is 0 Å². The van der Waals surface area contributed by atoms with Crippen LogP contribution in [0.25, 0.3) is 0 Å². The molecule has 0 bridgehead atoms. The second-order valence-electron chi connectivity index (χ2n) is 6.30. The van der Waals surface area contributed by atoms with E-state index < -0.39 is 0 Å². The molecule has 2 atom stereocenters. The van der Waals surface area contributed by atoms with Crippen LogP contribution in [0.3, 0.4) is 0 Å². The zero-order chi connectivity index (χ0) is 14.8. The highest BCUT2D eigenvalue weighted by molar-refractivity contribution is 7.09. The molecule has 0 amide bonds. The lowest BCUT2D eigenvalue weighted by Crippen LogP contribution is -2.36. The van der Waals surface area contributed by atoms with Crippen LogP contribution < -0.4 is 4.74 Å². The zero-order valence-corrected chi connectivity index (χ0v) is 13.3. The highest BCUT2D eigenvalue weighted by Gasteiger charge is 2.51. The van der Waals surface area contributed by atoms with Gasteiger partial charge in [-0.25, -0.2) is 0 Å². The topological polar surface area (TPSA) is 34.6 Å². The van der Waals surface area contributed by atoms with Crippen molar-refractivity contribution in [1.29, 1.82) is 0 Å². The van der Waals surface area contributed by atoms with Crippen molar-refractivity contribution in [3.05, 3.63) is 46.9 Å². The SMILES string of the molecule is c1cncc(OC[C@@]23COC[C@@H]2CN(Cc2cccs2)C3)c1. The Balaban J connectivity index is 1.42. The molecule has 2 aromatic rings. The van der Waals surface area contributed by atoms with E-state index >= 15 is 0 Å². The van der Waals surface area contributed by atoms with Crippen LogP contribution in [-0.2, 0) is 11.3 Å². The Labute approximate surface area is 134 Å². The lowest BCUT2D eigenvalue weighted by molar-refractivity contribution is 0.0901. The molecule has 4 heterocycles. The maximum atomic E-state index is 6.01. The van der Waals surface area contributed by atoms with Gasteiger partial charge in [-0.05, 0) is 23.6 Å². The molecule has 5 heteroatoms. The van der Waals surface area contributed by atoms with Crippen LogP contribution >= 0.6 is 11.3 Å². The lowest BCUT2D eigenvalue weighted by Gasteiger charge is -2.27. The van der Waals surface area contributed by atoms with Crippen LogP contribution in [0.1, 0.15) is 4.88 Å². The fourth-order valence-corrected chi connectivity index (χ4v) is 4.30. The fourth-order valence-electron chi connectivity index (χ4n) is 3.55. The molecule has 4 nitrogen and oxygen atoms in total. The van der Waals surface area contributed by atoms with Crippen molar-refractivity contribution in [2.45, 2.75) is 6.54 Å². The summed E-state index contributed by atoms with van der Waals surface area (Å²) in [5.41, 5.74) is 0.132. The minimum Gasteiger partial charge on any atom is -0.491 e. The van der Waals surface area contributed by atoms with Crippen molar-refractivity contribution in [2.24, 2.45) is 11.3 Å². The van der Waals surface area contributed by atoms with Crippen LogP contribution in [0.15, 0.2) is 42.0 Å². The molecule has 2 aliphatic heterocycles. The van der Waals surface area contributed by atoms with E-state index in [2.05, 4.69) is 27.4 Å². The smallest absolute Gasteiger partial charge is 0.137 e. The van der Waals surface area contributed by atoms with Crippen molar-refractivity contribution in [2.75, 3.05) is 32.9 Å². The summed E-state index contributed by atoms with van der Waals surface area (Å²) in [5, 5.41) is 2.15. The third-order valence-corrected chi connectivity index (χ3v) is 5.57. The van der Waals surface area contributed by atoms with Gasteiger partial charge in [-0.3, -0.25) is 9.88 Å². The predicted molar refractivity (Wildman–Crippen MR) is 86.1 cm³/mol. The van der Waals surface area contributed by atoms with Crippen LogP contribution in [0.5, 0.6) is 5.75 Å². The maximum absolute atomic E-state index is 6.01. The average molecular weight is 316 g/mol. The maximum Gasteiger partial charge on any atom is 0.137 e. The molecule has 0 radical (unpaired) electrons. The average Bonchev–Trinajstić information content (AvgIpc) is 3.23. The molecule has 2 aliphatic rings. The van der Waals surface area contributed by atoms with E-state index in [1.807, 2.05) is 23.5 Å². The monoisotopic (exact) mass is 316 g/mol. The molecule has 116 valence electrons. The lowest BCUT2D eigenvalue weighted by atomic mass is 9.82. The molecule has 0 spiro atoms. The number of aromatic nitrogens is 1. The molecule has 4 rings (SSSR count). The van der Waals surface area contributed by atoms with Gasteiger partial charge in [0, 0.05) is 42.0 Å². The van der Waals surface area contributed by atoms with Crippen molar-refractivity contribution in [3.63, 3.8) is 0 Å². The van der Waals surface area contributed by atoms with E-state index in [0.717, 1.165) is 38.6 Å². The number of pyridine rings is 1. The molecule has 0 saturated carbocycles. The minimum atomic E-state index is 0.132. The Bertz CT molecular complexity index is 604. The Morgan fingerprint density at radius 2 is 2.41 bits per heavy atom. The summed E-state index contributed by atoms with van der Waals surface area (Å²) >= 11 is 1.83. The van der Waals surface area contributed by atoms with E-state index in [0.29, 0.717) is 12.5 Å². The largest absolute Gasteiger partial charge is 0.491 e. The van der Waals surface area contributed by atoms with Gasteiger partial charge in [0.2, 0.25) is 0 Å². The normalized spacial score (nSPS) is 27.9. The van der Waals surface area contributed by atoms with Crippen molar-refractivity contribution < 1.29 is 9.47 Å². The van der Waals surface area contributed by atoms with E-state index in [9.17, 15) is 0 Å². The molecule has 0 N–H and O–H groups in total. The standard InChI is InChI=1S/C17H20N2O2S/c1-3-15(7-18-5-1)21-13-17-11-19(8-14(17)10-20-12-17)9-16-4-2-6-22-16/h1-7,14H,8-13H2/t14-,17+/m0/s1. The molecule has 0 aromatic carbocycles. The quantitative estimate of drug-likeness (QED) is 0.849. The first-order valence-corrected chi connectivity index (χ1v) is 8.57. The molecule has 2 saturated heterocycles. The summed E-state index contributed by atoms with van der Waals surface area (Å²) in [7, 11) is 0. The predicted octanol–water partition coefficient (Wildman–Crippen LogP) is 2.67. The number of likely N-dealkylation sites (tertiary alicyclic amines) is 1. The minimum absolute atomic E-state index is 0.132. The first-order valence-electron chi connectivity index (χ1n) is 7.69. The number of nitrogens with zero attached hydrogens (tertiary/aromatic N) is 2. The van der Waals surface area contributed by atoms with Gasteiger partial charge in [0.25, 0.3) is 0 Å². The number of ether oxygens (including phenoxy) is 2. The summed E-state index contributed by atoms with van der Waals surface area (Å²) < 4.78 is 11.8. The molecule has 0 unspecified atom stereocenters. The summed E-state index contributed by atoms with van der Waals surface area (Å²) in [6, 6.07) is 8.22. The first kappa shape index (κ1) is 14.2. The Kier molecular flexibility index (Phi) is 3.86. The molecular weight excluding hydrogens is 296 g/mol. The summed E-state index contributed by atoms with van der Waals surface area (Å²) in [5.74, 6) is 1.42. The Morgan fingerprint density at radius 1 is 1.41 bits per heavy atom. The van der Waals surface area contributed by atoms with Crippen molar-refractivity contribution in [3.8, 4) is 5.75 Å². The first-order chi connectivity index (χ1) is 10.8. The van der Waals surface area contributed by atoms with E-state index in [1.54, 1.807) is 12.4 Å². The highest BCUT2D eigenvalue weighted by Crippen LogP contribution is 2.42. The van der Waals surface area contributed by atoms with Gasteiger partial charge in [0.15, 0.2) is 0 Å². The van der Waals surface area contributed by atoms with E-state index in [4.69, 9.17) is 9.47 Å². The molecule has 2 fully saturated rings. The van der Waals surface area contributed by atoms with Crippen LogP contribution in [0, 0.1) is 11.3 Å². The van der Waals surface area contributed by atoms with Gasteiger partial charge in [0.1, 0.15) is 5.75 Å². The molecule has 22 heavy (non-hydrogen) atoms. The number of thiophene rings is 1. The second-order valence-corrected chi connectivity index (χ2v) is 7.33. The number of hydrogen-bond acceptors (Lipinski definition) is 5. The van der Waals surface area contributed by atoms with Gasteiger partial charge >= 0.3 is 0 Å². The van der Waals surface area contributed by atoms with E-state index in [1.165, 1.54) is 4.88 Å². The number of fused-ring (bicyclic) bond motifs is 1. The highest BCUT2D eigenvalue weighted by atomic mass is 32.1. The number of hydrogen-bond donors (Lipinski definition) is 0. The van der Waals surface area contributed by atoms with Crippen LogP contribution in [-0.4, -0.2) is 42.8 Å². The van der Waals surface area contributed by atoms with Gasteiger partial charge in [-0.1, -0.05) is 6.07 Å². The third-order valence-electron chi connectivity index (χ3n) is 4.71. The Morgan fingerprint density at radius 3 is 3.23 bits per heavy atom. The Hall–Kier alpha value is -1.43. The number of rotatable bonds is 5. The summed E-state index contributed by atoms with van der Waals surface area (Å²) in [6.45, 7) is 5.58. The van der Waals surface area contributed by atoms with Gasteiger partial charge in [-0.15, -0.1) is 11.3 Å². The van der Waals surface area contributed by atoms with Gasteiger partial charge in [-0.2, -0.15) is 0 Å². The van der Waals surface area contributed by atoms with Crippen molar-refractivity contribution >= 4 is 11.3 Å².